The molecule has 132 valence electrons. The van der Waals surface area contributed by atoms with E-state index in [1.54, 1.807) is 0 Å². The number of rotatable bonds is 3. The Hall–Kier alpha value is -2.67. The lowest BCUT2D eigenvalue weighted by atomic mass is 9.99. The number of hydrogen-bond donors (Lipinski definition) is 1. The van der Waals surface area contributed by atoms with Crippen molar-refractivity contribution in [2.24, 2.45) is 0 Å². The van der Waals surface area contributed by atoms with Gasteiger partial charge >= 0.3 is 0 Å². The minimum atomic E-state index is 0.220. The average Bonchev–Trinajstić information content (AvgIpc) is 3.29. The van der Waals surface area contributed by atoms with Crippen LogP contribution < -0.4 is 24.7 Å². The number of halogens is 1. The van der Waals surface area contributed by atoms with Gasteiger partial charge in [0, 0.05) is 5.56 Å². The Bertz CT molecular complexity index is 1040. The number of hydrogen-bond acceptors (Lipinski definition) is 6. The number of nitrogens with two attached hydrogens (primary N) is 1. The fourth-order valence-electron chi connectivity index (χ4n) is 3.42. The minimum Gasteiger partial charge on any atom is -0.454 e. The van der Waals surface area contributed by atoms with Crippen molar-refractivity contribution in [3.8, 4) is 23.0 Å². The molecule has 0 unspecified atom stereocenters. The van der Waals surface area contributed by atoms with Crippen molar-refractivity contribution in [2.75, 3.05) is 19.3 Å². The molecule has 0 amide bonds. The molecule has 0 spiro atoms. The summed E-state index contributed by atoms with van der Waals surface area (Å²) >= 11 is 3.51. The summed E-state index contributed by atoms with van der Waals surface area (Å²) in [7, 11) is 0. The fraction of sp³-hybridized carbons (Fsp3) is 0.211. The monoisotopic (exact) mass is 414 g/mol. The Morgan fingerprint density at radius 3 is 2.62 bits per heavy atom. The first-order valence-corrected chi connectivity index (χ1v) is 9.04. The van der Waals surface area contributed by atoms with Crippen LogP contribution in [0, 0.1) is 0 Å². The third-order valence-corrected chi connectivity index (χ3v) is 5.27. The van der Waals surface area contributed by atoms with Crippen LogP contribution in [0.15, 0.2) is 34.9 Å². The highest BCUT2D eigenvalue weighted by atomic mass is 79.9. The molecule has 7 heteroatoms. The molecule has 0 fully saturated rings. The van der Waals surface area contributed by atoms with E-state index in [1.165, 1.54) is 0 Å². The highest BCUT2D eigenvalue weighted by molar-refractivity contribution is 9.10. The average molecular weight is 415 g/mol. The molecule has 0 atom stereocenters. The first-order valence-electron chi connectivity index (χ1n) is 8.25. The van der Waals surface area contributed by atoms with E-state index < -0.39 is 0 Å². The van der Waals surface area contributed by atoms with Gasteiger partial charge in [-0.25, -0.2) is 4.98 Å². The second kappa shape index (κ2) is 5.95. The molecule has 0 saturated heterocycles. The largest absolute Gasteiger partial charge is 0.454 e. The maximum atomic E-state index is 6.23. The number of nitrogen functional groups attached to an aromatic ring is 1. The van der Waals surface area contributed by atoms with Crippen molar-refractivity contribution < 1.29 is 18.9 Å². The van der Waals surface area contributed by atoms with Crippen molar-refractivity contribution in [2.45, 2.75) is 12.8 Å². The van der Waals surface area contributed by atoms with Crippen LogP contribution in [0.4, 0.5) is 5.82 Å². The number of pyridine rings is 1. The molecular formula is C19H15BrN2O4. The van der Waals surface area contributed by atoms with Gasteiger partial charge in [0.2, 0.25) is 13.6 Å². The molecular weight excluding hydrogens is 400 g/mol. The normalized spacial score (nSPS) is 14.2. The molecule has 1 aromatic heterocycles. The second-order valence-electron chi connectivity index (χ2n) is 6.18. The SMILES string of the molecule is Nc1nc(Br)c2c3c(ccc2c1CCc1ccc2c(c1)OCO2)OCO3. The summed E-state index contributed by atoms with van der Waals surface area (Å²) in [5.41, 5.74) is 8.39. The van der Waals surface area contributed by atoms with E-state index >= 15 is 0 Å². The Labute approximate surface area is 157 Å². The van der Waals surface area contributed by atoms with Gasteiger partial charge in [-0.15, -0.1) is 0 Å². The Kier molecular flexibility index (Phi) is 3.56. The maximum absolute atomic E-state index is 6.23. The van der Waals surface area contributed by atoms with Crippen LogP contribution in [-0.4, -0.2) is 18.6 Å². The van der Waals surface area contributed by atoms with Crippen molar-refractivity contribution in [3.05, 3.63) is 46.1 Å². The molecule has 5 rings (SSSR count). The predicted octanol–water partition coefficient (Wildman–Crippen LogP) is 3.82. The Balaban J connectivity index is 1.53. The molecule has 26 heavy (non-hydrogen) atoms. The van der Waals surface area contributed by atoms with E-state index in [0.717, 1.165) is 52.0 Å². The van der Waals surface area contributed by atoms with Gasteiger partial charge in [0.1, 0.15) is 10.4 Å². The van der Waals surface area contributed by atoms with E-state index in [4.69, 9.17) is 24.7 Å². The smallest absolute Gasteiger partial charge is 0.231 e. The van der Waals surface area contributed by atoms with Crippen LogP contribution >= 0.6 is 15.9 Å². The quantitative estimate of drug-likeness (QED) is 0.656. The summed E-state index contributed by atoms with van der Waals surface area (Å²) < 4.78 is 22.6. The molecule has 3 aromatic rings. The standard InChI is InChI=1S/C19H15BrN2O4/c20-18-16-11(4-6-14-17(16)26-9-24-14)12(19(21)22-18)3-1-10-2-5-13-15(7-10)25-8-23-13/h2,4-7H,1,3,8-9H2,(H2,21,22). The lowest BCUT2D eigenvalue weighted by Crippen LogP contribution is -2.02. The fourth-order valence-corrected chi connectivity index (χ4v) is 4.01. The second-order valence-corrected chi connectivity index (χ2v) is 6.93. The van der Waals surface area contributed by atoms with Crippen LogP contribution in [0.5, 0.6) is 23.0 Å². The zero-order valence-corrected chi connectivity index (χ0v) is 15.3. The van der Waals surface area contributed by atoms with Gasteiger partial charge in [-0.2, -0.15) is 0 Å². The summed E-state index contributed by atoms with van der Waals surface area (Å²) in [6, 6.07) is 9.94. The van der Waals surface area contributed by atoms with E-state index in [2.05, 4.69) is 20.9 Å². The van der Waals surface area contributed by atoms with Gasteiger partial charge in [-0.1, -0.05) is 6.07 Å². The molecule has 3 heterocycles. The number of anilines is 1. The third-order valence-electron chi connectivity index (χ3n) is 4.70. The highest BCUT2D eigenvalue weighted by Crippen LogP contribution is 2.44. The minimum absolute atomic E-state index is 0.220. The molecule has 0 aliphatic carbocycles. The van der Waals surface area contributed by atoms with Crippen molar-refractivity contribution in [1.29, 1.82) is 0 Å². The van der Waals surface area contributed by atoms with E-state index in [9.17, 15) is 0 Å². The summed E-state index contributed by atoms with van der Waals surface area (Å²) in [5, 5.41) is 1.92. The molecule has 0 radical (unpaired) electrons. The molecule has 0 bridgehead atoms. The number of aromatic nitrogens is 1. The topological polar surface area (TPSA) is 75.8 Å². The third kappa shape index (κ3) is 2.42. The van der Waals surface area contributed by atoms with Crippen molar-refractivity contribution in [1.82, 2.24) is 4.98 Å². The lowest BCUT2D eigenvalue weighted by molar-refractivity contribution is 0.174. The van der Waals surface area contributed by atoms with Crippen LogP contribution in [-0.2, 0) is 12.8 Å². The first kappa shape index (κ1) is 15.6. The highest BCUT2D eigenvalue weighted by Gasteiger charge is 2.22. The van der Waals surface area contributed by atoms with E-state index in [-0.39, 0.29) is 13.6 Å². The number of ether oxygens (including phenoxy) is 4. The van der Waals surface area contributed by atoms with E-state index in [0.29, 0.717) is 16.2 Å². The van der Waals surface area contributed by atoms with Crippen LogP contribution in [0.3, 0.4) is 0 Å². The first-order chi connectivity index (χ1) is 12.7. The van der Waals surface area contributed by atoms with Gasteiger partial charge in [0.15, 0.2) is 23.0 Å². The molecule has 2 aliphatic rings. The zero-order chi connectivity index (χ0) is 17.7. The van der Waals surface area contributed by atoms with Crippen LogP contribution in [0.2, 0.25) is 0 Å². The van der Waals surface area contributed by atoms with Crippen LogP contribution in [0.1, 0.15) is 11.1 Å². The summed E-state index contributed by atoms with van der Waals surface area (Å²) in [4.78, 5) is 4.46. The van der Waals surface area contributed by atoms with E-state index in [1.807, 2.05) is 30.3 Å². The van der Waals surface area contributed by atoms with Crippen LogP contribution in [0.25, 0.3) is 10.8 Å². The summed E-state index contributed by atoms with van der Waals surface area (Å²) in [6.07, 6.45) is 1.57. The molecule has 2 aromatic carbocycles. The van der Waals surface area contributed by atoms with Crippen molar-refractivity contribution >= 4 is 32.5 Å². The summed E-state index contributed by atoms with van der Waals surface area (Å²) in [6.45, 7) is 0.498. The number of aryl methyl sites for hydroxylation is 2. The van der Waals surface area contributed by atoms with Gasteiger partial charge in [-0.3, -0.25) is 0 Å². The van der Waals surface area contributed by atoms with Gasteiger partial charge < -0.3 is 24.7 Å². The number of benzene rings is 2. The molecule has 2 aliphatic heterocycles. The number of nitrogens with zero attached hydrogens (tertiary/aromatic N) is 1. The molecule has 6 nitrogen and oxygen atoms in total. The predicted molar refractivity (Wildman–Crippen MR) is 100.0 cm³/mol. The van der Waals surface area contributed by atoms with Gasteiger partial charge in [0.05, 0.1) is 5.39 Å². The Morgan fingerprint density at radius 2 is 1.69 bits per heavy atom. The zero-order valence-electron chi connectivity index (χ0n) is 13.8. The van der Waals surface area contributed by atoms with Gasteiger partial charge in [0.25, 0.3) is 0 Å². The van der Waals surface area contributed by atoms with Gasteiger partial charge in [-0.05, 0) is 64.0 Å². The molecule has 2 N–H and O–H groups in total. The van der Waals surface area contributed by atoms with Crippen molar-refractivity contribution in [3.63, 3.8) is 0 Å². The molecule has 0 saturated carbocycles. The number of fused-ring (bicyclic) bond motifs is 4. The summed E-state index contributed by atoms with van der Waals surface area (Å²) in [5.74, 6) is 3.54. The Morgan fingerprint density at radius 1 is 0.923 bits per heavy atom. The lowest BCUT2D eigenvalue weighted by Gasteiger charge is -2.13. The maximum Gasteiger partial charge on any atom is 0.231 e.